The van der Waals surface area contributed by atoms with Crippen LogP contribution in [0.5, 0.6) is 0 Å². The molecule has 1 aromatic heterocycles. The van der Waals surface area contributed by atoms with Gasteiger partial charge in [-0.3, -0.25) is 0 Å². The SMILES string of the molecule is Nc1ccc2nc(C3CCCCC3)oc2c1. The fourth-order valence-corrected chi connectivity index (χ4v) is 2.48. The highest BCUT2D eigenvalue weighted by atomic mass is 16.3. The predicted molar refractivity (Wildman–Crippen MR) is 64.2 cm³/mol. The third-order valence-corrected chi connectivity index (χ3v) is 3.38. The molecule has 84 valence electrons. The number of hydrogen-bond acceptors (Lipinski definition) is 3. The molecule has 3 heteroatoms. The summed E-state index contributed by atoms with van der Waals surface area (Å²) >= 11 is 0. The first-order valence-electron chi connectivity index (χ1n) is 5.99. The van der Waals surface area contributed by atoms with Gasteiger partial charge in [0.05, 0.1) is 0 Å². The van der Waals surface area contributed by atoms with Gasteiger partial charge in [0.25, 0.3) is 0 Å². The maximum absolute atomic E-state index is 5.80. The number of nitrogens with two attached hydrogens (primary N) is 1. The van der Waals surface area contributed by atoms with Gasteiger partial charge >= 0.3 is 0 Å². The van der Waals surface area contributed by atoms with Crippen LogP contribution in [0, 0.1) is 0 Å². The fraction of sp³-hybridized carbons (Fsp3) is 0.462. The number of anilines is 1. The lowest BCUT2D eigenvalue weighted by Gasteiger charge is -2.17. The zero-order valence-electron chi connectivity index (χ0n) is 9.28. The van der Waals surface area contributed by atoms with E-state index in [0.29, 0.717) is 5.92 Å². The predicted octanol–water partition coefficient (Wildman–Crippen LogP) is 3.46. The van der Waals surface area contributed by atoms with Gasteiger partial charge in [-0.25, -0.2) is 4.98 Å². The molecule has 0 saturated heterocycles. The molecule has 0 bridgehead atoms. The fourth-order valence-electron chi connectivity index (χ4n) is 2.48. The van der Waals surface area contributed by atoms with Gasteiger partial charge in [0, 0.05) is 17.7 Å². The number of nitrogen functional groups attached to an aromatic ring is 1. The van der Waals surface area contributed by atoms with Crippen LogP contribution in [0.3, 0.4) is 0 Å². The third kappa shape index (κ3) is 1.66. The summed E-state index contributed by atoms with van der Waals surface area (Å²) in [5.74, 6) is 1.42. The summed E-state index contributed by atoms with van der Waals surface area (Å²) in [6.07, 6.45) is 6.37. The lowest BCUT2D eigenvalue weighted by Crippen LogP contribution is -2.04. The summed E-state index contributed by atoms with van der Waals surface area (Å²) in [7, 11) is 0. The summed E-state index contributed by atoms with van der Waals surface area (Å²) in [6, 6.07) is 5.66. The lowest BCUT2D eigenvalue weighted by molar-refractivity contribution is 0.373. The Labute approximate surface area is 94.7 Å². The molecule has 1 saturated carbocycles. The highest BCUT2D eigenvalue weighted by Gasteiger charge is 2.20. The first-order chi connectivity index (χ1) is 7.83. The van der Waals surface area contributed by atoms with E-state index < -0.39 is 0 Å². The molecule has 3 rings (SSSR count). The Balaban J connectivity index is 1.97. The van der Waals surface area contributed by atoms with Crippen molar-refractivity contribution in [1.82, 2.24) is 4.98 Å². The molecular formula is C13H16N2O. The molecule has 0 aliphatic heterocycles. The molecule has 0 amide bonds. The summed E-state index contributed by atoms with van der Waals surface area (Å²) in [5, 5.41) is 0. The van der Waals surface area contributed by atoms with Crippen LogP contribution in [-0.2, 0) is 0 Å². The van der Waals surface area contributed by atoms with E-state index in [9.17, 15) is 0 Å². The van der Waals surface area contributed by atoms with Crippen molar-refractivity contribution in [2.45, 2.75) is 38.0 Å². The maximum atomic E-state index is 5.80. The quantitative estimate of drug-likeness (QED) is 0.743. The van der Waals surface area contributed by atoms with E-state index in [4.69, 9.17) is 10.2 Å². The topological polar surface area (TPSA) is 52.0 Å². The average molecular weight is 216 g/mol. The van der Waals surface area contributed by atoms with Crippen molar-refractivity contribution >= 4 is 16.8 Å². The molecule has 1 heterocycles. The van der Waals surface area contributed by atoms with Gasteiger partial charge in [-0.2, -0.15) is 0 Å². The number of benzene rings is 1. The molecule has 3 nitrogen and oxygen atoms in total. The first-order valence-corrected chi connectivity index (χ1v) is 5.99. The Kier molecular flexibility index (Phi) is 2.31. The van der Waals surface area contributed by atoms with E-state index in [1.54, 1.807) is 0 Å². The van der Waals surface area contributed by atoms with Crippen LogP contribution in [0.15, 0.2) is 22.6 Å². The third-order valence-electron chi connectivity index (χ3n) is 3.38. The average Bonchev–Trinajstić information content (AvgIpc) is 2.73. The Bertz CT molecular complexity index is 498. The van der Waals surface area contributed by atoms with Crippen molar-refractivity contribution in [2.24, 2.45) is 0 Å². The molecule has 1 aromatic carbocycles. The zero-order valence-corrected chi connectivity index (χ0v) is 9.28. The van der Waals surface area contributed by atoms with Crippen molar-refractivity contribution in [3.8, 4) is 0 Å². The Morgan fingerprint density at radius 3 is 2.81 bits per heavy atom. The summed E-state index contributed by atoms with van der Waals surface area (Å²) < 4.78 is 5.80. The van der Waals surface area contributed by atoms with E-state index in [0.717, 1.165) is 22.7 Å². The molecule has 1 aliphatic carbocycles. The smallest absolute Gasteiger partial charge is 0.198 e. The molecule has 2 aromatic rings. The number of fused-ring (bicyclic) bond motifs is 1. The highest BCUT2D eigenvalue weighted by Crippen LogP contribution is 2.33. The van der Waals surface area contributed by atoms with Crippen LogP contribution in [0.4, 0.5) is 5.69 Å². The van der Waals surface area contributed by atoms with Crippen LogP contribution >= 0.6 is 0 Å². The van der Waals surface area contributed by atoms with E-state index in [-0.39, 0.29) is 0 Å². The molecule has 0 atom stereocenters. The van der Waals surface area contributed by atoms with Gasteiger partial charge in [-0.15, -0.1) is 0 Å². The minimum Gasteiger partial charge on any atom is -0.440 e. The molecule has 0 unspecified atom stereocenters. The molecule has 2 N–H and O–H groups in total. The van der Waals surface area contributed by atoms with Gasteiger partial charge in [-0.05, 0) is 25.0 Å². The maximum Gasteiger partial charge on any atom is 0.198 e. The van der Waals surface area contributed by atoms with Crippen molar-refractivity contribution in [1.29, 1.82) is 0 Å². The second-order valence-electron chi connectivity index (χ2n) is 4.61. The van der Waals surface area contributed by atoms with Gasteiger partial charge in [-0.1, -0.05) is 19.3 Å². The molecule has 0 spiro atoms. The highest BCUT2D eigenvalue weighted by molar-refractivity contribution is 5.76. The Morgan fingerprint density at radius 1 is 1.19 bits per heavy atom. The zero-order chi connectivity index (χ0) is 11.0. The Hall–Kier alpha value is -1.51. The number of aromatic nitrogens is 1. The second kappa shape index (κ2) is 3.81. The first kappa shape index (κ1) is 9.70. The largest absolute Gasteiger partial charge is 0.440 e. The molecular weight excluding hydrogens is 200 g/mol. The molecule has 16 heavy (non-hydrogen) atoms. The minimum atomic E-state index is 0.516. The van der Waals surface area contributed by atoms with Crippen molar-refractivity contribution in [3.05, 3.63) is 24.1 Å². The molecule has 0 radical (unpaired) electrons. The summed E-state index contributed by atoms with van der Waals surface area (Å²) in [4.78, 5) is 4.56. The van der Waals surface area contributed by atoms with Gasteiger partial charge in [0.2, 0.25) is 0 Å². The van der Waals surface area contributed by atoms with E-state index in [2.05, 4.69) is 4.98 Å². The van der Waals surface area contributed by atoms with Crippen LogP contribution in [0.2, 0.25) is 0 Å². The van der Waals surface area contributed by atoms with Crippen molar-refractivity contribution < 1.29 is 4.42 Å². The summed E-state index contributed by atoms with van der Waals surface area (Å²) in [5.41, 5.74) is 8.20. The molecule has 1 aliphatic rings. The van der Waals surface area contributed by atoms with Crippen LogP contribution < -0.4 is 5.73 Å². The van der Waals surface area contributed by atoms with E-state index >= 15 is 0 Å². The Morgan fingerprint density at radius 2 is 2.00 bits per heavy atom. The van der Waals surface area contributed by atoms with Crippen molar-refractivity contribution in [2.75, 3.05) is 5.73 Å². The monoisotopic (exact) mass is 216 g/mol. The van der Waals surface area contributed by atoms with Crippen LogP contribution in [0.1, 0.15) is 43.9 Å². The molecule has 1 fully saturated rings. The summed E-state index contributed by atoms with van der Waals surface area (Å²) in [6.45, 7) is 0. The van der Waals surface area contributed by atoms with Crippen LogP contribution in [0.25, 0.3) is 11.1 Å². The van der Waals surface area contributed by atoms with E-state index in [1.807, 2.05) is 18.2 Å². The van der Waals surface area contributed by atoms with Gasteiger partial charge < -0.3 is 10.2 Å². The van der Waals surface area contributed by atoms with Gasteiger partial charge in [0.15, 0.2) is 11.5 Å². The number of rotatable bonds is 1. The minimum absolute atomic E-state index is 0.516. The lowest BCUT2D eigenvalue weighted by atomic mass is 9.89. The van der Waals surface area contributed by atoms with Crippen LogP contribution in [-0.4, -0.2) is 4.98 Å². The van der Waals surface area contributed by atoms with Gasteiger partial charge in [0.1, 0.15) is 5.52 Å². The normalized spacial score (nSPS) is 18.0. The number of hydrogen-bond donors (Lipinski definition) is 1. The number of oxazole rings is 1. The van der Waals surface area contributed by atoms with Crippen molar-refractivity contribution in [3.63, 3.8) is 0 Å². The standard InChI is InChI=1S/C13H16N2O/c14-10-6-7-11-12(8-10)16-13(15-11)9-4-2-1-3-5-9/h6-9H,1-5,14H2. The second-order valence-corrected chi connectivity index (χ2v) is 4.61. The van der Waals surface area contributed by atoms with E-state index in [1.165, 1.54) is 32.1 Å². The number of nitrogens with zero attached hydrogens (tertiary/aromatic N) is 1.